The first-order chi connectivity index (χ1) is 10.6. The summed E-state index contributed by atoms with van der Waals surface area (Å²) >= 11 is 1.50. The lowest BCUT2D eigenvalue weighted by molar-refractivity contribution is -0.113. The summed E-state index contributed by atoms with van der Waals surface area (Å²) in [6.45, 7) is 5.38. The van der Waals surface area contributed by atoms with Gasteiger partial charge in [-0.05, 0) is 31.2 Å². The molecule has 5 nitrogen and oxygen atoms in total. The van der Waals surface area contributed by atoms with Crippen LogP contribution in [0.1, 0.15) is 5.69 Å². The van der Waals surface area contributed by atoms with E-state index in [2.05, 4.69) is 21.9 Å². The summed E-state index contributed by atoms with van der Waals surface area (Å²) in [5.41, 5.74) is 1.98. The lowest BCUT2D eigenvalue weighted by atomic mass is 10.2. The number of carbonyl (C=O) groups excluding carboxylic acids is 1. The van der Waals surface area contributed by atoms with Gasteiger partial charge in [0.2, 0.25) is 5.91 Å². The van der Waals surface area contributed by atoms with Crippen LogP contribution in [0, 0.1) is 6.92 Å². The summed E-state index contributed by atoms with van der Waals surface area (Å²) in [7, 11) is 0. The Bertz CT molecular complexity index is 723. The second-order valence-corrected chi connectivity index (χ2v) is 5.69. The van der Waals surface area contributed by atoms with Crippen molar-refractivity contribution in [2.45, 2.75) is 6.92 Å². The molecular weight excluding hydrogens is 298 g/mol. The fraction of sp³-hybridized carbons (Fsp3) is 0.188. The van der Waals surface area contributed by atoms with Gasteiger partial charge in [-0.25, -0.2) is 4.98 Å². The van der Waals surface area contributed by atoms with E-state index in [0.29, 0.717) is 23.0 Å². The number of nitrogens with zero attached hydrogens (tertiary/aromatic N) is 1. The Labute approximate surface area is 132 Å². The highest BCUT2D eigenvalue weighted by Crippen LogP contribution is 2.17. The van der Waals surface area contributed by atoms with Gasteiger partial charge < -0.3 is 10.3 Å². The molecule has 0 radical (unpaired) electrons. The second-order valence-electron chi connectivity index (χ2n) is 4.66. The van der Waals surface area contributed by atoms with Gasteiger partial charge in [-0.15, -0.1) is 18.3 Å². The van der Waals surface area contributed by atoms with Gasteiger partial charge in [0.15, 0.2) is 0 Å². The van der Waals surface area contributed by atoms with Crippen molar-refractivity contribution in [3.8, 4) is 11.4 Å². The summed E-state index contributed by atoms with van der Waals surface area (Å²) in [5, 5.41) is 2.82. The van der Waals surface area contributed by atoms with E-state index >= 15 is 0 Å². The molecule has 0 saturated carbocycles. The van der Waals surface area contributed by atoms with Crippen LogP contribution in [-0.4, -0.2) is 27.4 Å². The number of aromatic amines is 1. The van der Waals surface area contributed by atoms with Crippen LogP contribution in [0.15, 0.2) is 47.8 Å². The van der Waals surface area contributed by atoms with Gasteiger partial charge in [-0.1, -0.05) is 6.08 Å². The van der Waals surface area contributed by atoms with E-state index in [9.17, 15) is 9.59 Å². The highest BCUT2D eigenvalue weighted by molar-refractivity contribution is 8.00. The summed E-state index contributed by atoms with van der Waals surface area (Å²) in [5.74, 6) is 1.60. The third kappa shape index (κ3) is 4.60. The molecular formula is C16H17N3O2S. The summed E-state index contributed by atoms with van der Waals surface area (Å²) in [6.07, 6.45) is 1.77. The maximum absolute atomic E-state index is 11.7. The van der Waals surface area contributed by atoms with Crippen LogP contribution in [0.4, 0.5) is 5.69 Å². The Kier molecular flexibility index (Phi) is 5.55. The summed E-state index contributed by atoms with van der Waals surface area (Å²) < 4.78 is 0. The van der Waals surface area contributed by atoms with E-state index in [1.54, 1.807) is 25.1 Å². The van der Waals surface area contributed by atoms with Gasteiger partial charge in [0.1, 0.15) is 5.82 Å². The normalized spacial score (nSPS) is 10.2. The molecule has 0 aliphatic heterocycles. The third-order valence-corrected chi connectivity index (χ3v) is 3.72. The molecule has 0 atom stereocenters. The number of H-pyrrole nitrogens is 1. The maximum Gasteiger partial charge on any atom is 0.251 e. The third-order valence-electron chi connectivity index (χ3n) is 2.78. The van der Waals surface area contributed by atoms with Gasteiger partial charge >= 0.3 is 0 Å². The average molecular weight is 315 g/mol. The number of aromatic nitrogens is 2. The highest BCUT2D eigenvalue weighted by Gasteiger charge is 2.04. The first-order valence-corrected chi connectivity index (χ1v) is 7.91. The Hall–Kier alpha value is -2.34. The van der Waals surface area contributed by atoms with Crippen LogP contribution in [-0.2, 0) is 4.79 Å². The lowest BCUT2D eigenvalue weighted by Crippen LogP contribution is -2.14. The fourth-order valence-electron chi connectivity index (χ4n) is 1.86. The number of anilines is 1. The SMILES string of the molecule is C=CCSCC(=O)Nc1ccc(-c2nc(C)cc(=O)[nH]2)cc1. The van der Waals surface area contributed by atoms with Gasteiger partial charge in [0.05, 0.1) is 5.75 Å². The molecule has 2 rings (SSSR count). The number of hydrogen-bond donors (Lipinski definition) is 2. The molecule has 1 heterocycles. The number of rotatable bonds is 6. The minimum absolute atomic E-state index is 0.0540. The summed E-state index contributed by atoms with van der Waals surface area (Å²) in [6, 6.07) is 8.63. The van der Waals surface area contributed by atoms with Crippen LogP contribution in [0.3, 0.4) is 0 Å². The molecule has 6 heteroatoms. The van der Waals surface area contributed by atoms with Gasteiger partial charge in [-0.3, -0.25) is 9.59 Å². The zero-order valence-electron chi connectivity index (χ0n) is 12.3. The quantitative estimate of drug-likeness (QED) is 0.635. The van der Waals surface area contributed by atoms with Crippen molar-refractivity contribution in [2.75, 3.05) is 16.8 Å². The Morgan fingerprint density at radius 3 is 2.77 bits per heavy atom. The first-order valence-electron chi connectivity index (χ1n) is 6.75. The monoisotopic (exact) mass is 315 g/mol. The first kappa shape index (κ1) is 16.0. The highest BCUT2D eigenvalue weighted by atomic mass is 32.2. The second kappa shape index (κ2) is 7.61. The number of carbonyl (C=O) groups is 1. The lowest BCUT2D eigenvalue weighted by Gasteiger charge is -2.06. The number of hydrogen-bond acceptors (Lipinski definition) is 4. The molecule has 0 aliphatic carbocycles. The van der Waals surface area contributed by atoms with Crippen LogP contribution < -0.4 is 10.9 Å². The Morgan fingerprint density at radius 1 is 1.41 bits per heavy atom. The molecule has 0 bridgehead atoms. The molecule has 114 valence electrons. The molecule has 22 heavy (non-hydrogen) atoms. The van der Waals surface area contributed by atoms with Crippen molar-refractivity contribution in [1.82, 2.24) is 9.97 Å². The molecule has 1 aromatic carbocycles. The Balaban J connectivity index is 2.05. The molecule has 0 aliphatic rings. The number of thioether (sulfide) groups is 1. The van der Waals surface area contributed by atoms with Crippen molar-refractivity contribution in [1.29, 1.82) is 0 Å². The fourth-order valence-corrected chi connectivity index (χ4v) is 2.40. The van der Waals surface area contributed by atoms with E-state index in [1.807, 2.05) is 12.1 Å². The molecule has 2 N–H and O–H groups in total. The molecule has 0 spiro atoms. The largest absolute Gasteiger partial charge is 0.325 e. The van der Waals surface area contributed by atoms with E-state index in [-0.39, 0.29) is 11.5 Å². The van der Waals surface area contributed by atoms with Crippen LogP contribution in [0.25, 0.3) is 11.4 Å². The number of nitrogens with one attached hydrogen (secondary N) is 2. The van der Waals surface area contributed by atoms with Crippen LogP contribution in [0.5, 0.6) is 0 Å². The van der Waals surface area contributed by atoms with E-state index in [4.69, 9.17) is 0 Å². The van der Waals surface area contributed by atoms with Gasteiger partial charge in [0.25, 0.3) is 5.56 Å². The molecule has 0 fully saturated rings. The van der Waals surface area contributed by atoms with Crippen molar-refractivity contribution < 1.29 is 4.79 Å². The molecule has 1 aromatic heterocycles. The van der Waals surface area contributed by atoms with E-state index in [0.717, 1.165) is 11.3 Å². The molecule has 1 amide bonds. The van der Waals surface area contributed by atoms with Crippen LogP contribution in [0.2, 0.25) is 0 Å². The predicted octanol–water partition coefficient (Wildman–Crippen LogP) is 2.60. The zero-order valence-corrected chi connectivity index (χ0v) is 13.1. The summed E-state index contributed by atoms with van der Waals surface area (Å²) in [4.78, 5) is 30.1. The number of aryl methyl sites for hydroxylation is 1. The smallest absolute Gasteiger partial charge is 0.251 e. The molecule has 0 unspecified atom stereocenters. The standard InChI is InChI=1S/C16H17N3O2S/c1-3-8-22-10-15(21)18-13-6-4-12(5-7-13)16-17-11(2)9-14(20)19-16/h3-7,9H,1,8,10H2,2H3,(H,18,21)(H,17,19,20). The maximum atomic E-state index is 11.7. The predicted molar refractivity (Wildman–Crippen MR) is 91.2 cm³/mol. The topological polar surface area (TPSA) is 74.8 Å². The van der Waals surface area contributed by atoms with Crippen molar-refractivity contribution in [3.63, 3.8) is 0 Å². The van der Waals surface area contributed by atoms with Crippen molar-refractivity contribution in [3.05, 3.63) is 59.0 Å². The average Bonchev–Trinajstić information content (AvgIpc) is 2.47. The molecule has 2 aromatic rings. The van der Waals surface area contributed by atoms with Gasteiger partial charge in [0, 0.05) is 28.8 Å². The number of amides is 1. The minimum Gasteiger partial charge on any atom is -0.325 e. The van der Waals surface area contributed by atoms with Crippen molar-refractivity contribution in [2.24, 2.45) is 0 Å². The number of benzene rings is 1. The minimum atomic E-state index is -0.181. The zero-order chi connectivity index (χ0) is 15.9. The Morgan fingerprint density at radius 2 is 2.14 bits per heavy atom. The van der Waals surface area contributed by atoms with E-state index < -0.39 is 0 Å². The molecule has 0 saturated heterocycles. The van der Waals surface area contributed by atoms with Gasteiger partial charge in [-0.2, -0.15) is 0 Å². The van der Waals surface area contributed by atoms with E-state index in [1.165, 1.54) is 17.8 Å². The van der Waals surface area contributed by atoms with Crippen molar-refractivity contribution >= 4 is 23.4 Å². The van der Waals surface area contributed by atoms with Crippen LogP contribution >= 0.6 is 11.8 Å².